The molecule has 3 aromatic rings. The van der Waals surface area contributed by atoms with Crippen LogP contribution in [0.3, 0.4) is 0 Å². The highest BCUT2D eigenvalue weighted by Crippen LogP contribution is 2.27. The van der Waals surface area contributed by atoms with Gasteiger partial charge in [-0.3, -0.25) is 9.10 Å². The molecule has 168 valence electrons. The number of anilines is 1. The molecule has 3 rings (SSSR count). The van der Waals surface area contributed by atoms with Crippen molar-refractivity contribution in [3.8, 4) is 0 Å². The van der Waals surface area contributed by atoms with Crippen LogP contribution in [-0.2, 0) is 14.8 Å². The van der Waals surface area contributed by atoms with Gasteiger partial charge in [0.1, 0.15) is 6.04 Å². The predicted octanol–water partition coefficient (Wildman–Crippen LogP) is 5.10. The van der Waals surface area contributed by atoms with E-state index in [0.29, 0.717) is 17.1 Å². The van der Waals surface area contributed by atoms with E-state index >= 15 is 0 Å². The van der Waals surface area contributed by atoms with Crippen LogP contribution in [0, 0.1) is 6.92 Å². The molecule has 0 bridgehead atoms. The summed E-state index contributed by atoms with van der Waals surface area (Å²) in [6.07, 6.45) is 1.41. The molecule has 0 saturated heterocycles. The quantitative estimate of drug-likeness (QED) is 0.498. The van der Waals surface area contributed by atoms with E-state index in [1.54, 1.807) is 31.2 Å². The molecule has 0 heterocycles. The molecular weight excluding hydrogens is 444 g/mol. The van der Waals surface area contributed by atoms with Gasteiger partial charge in [0.15, 0.2) is 0 Å². The average Bonchev–Trinajstić information content (AvgIpc) is 2.77. The van der Waals surface area contributed by atoms with Gasteiger partial charge in [-0.2, -0.15) is 0 Å². The monoisotopic (exact) mass is 470 g/mol. The van der Waals surface area contributed by atoms with Crippen molar-refractivity contribution in [3.05, 3.63) is 101 Å². The third kappa shape index (κ3) is 5.69. The van der Waals surface area contributed by atoms with Crippen molar-refractivity contribution in [3.63, 3.8) is 0 Å². The predicted molar refractivity (Wildman–Crippen MR) is 130 cm³/mol. The van der Waals surface area contributed by atoms with Gasteiger partial charge in [0.2, 0.25) is 15.9 Å². The van der Waals surface area contributed by atoms with E-state index in [1.165, 1.54) is 0 Å². The maximum Gasteiger partial charge on any atom is 0.244 e. The lowest BCUT2D eigenvalue weighted by Crippen LogP contribution is -2.50. The zero-order chi connectivity index (χ0) is 23.3. The highest BCUT2D eigenvalue weighted by molar-refractivity contribution is 7.92. The molecule has 32 heavy (non-hydrogen) atoms. The maximum absolute atomic E-state index is 13.5. The Kier molecular flexibility index (Phi) is 7.59. The van der Waals surface area contributed by atoms with Gasteiger partial charge >= 0.3 is 0 Å². The third-order valence-electron chi connectivity index (χ3n) is 5.24. The van der Waals surface area contributed by atoms with E-state index in [1.807, 2.05) is 61.5 Å². The molecule has 1 N–H and O–H groups in total. The molecule has 0 aliphatic heterocycles. The highest BCUT2D eigenvalue weighted by Gasteiger charge is 2.33. The zero-order valence-corrected chi connectivity index (χ0v) is 19.9. The number of aryl methyl sites for hydroxylation is 1. The van der Waals surface area contributed by atoms with Gasteiger partial charge in [0.25, 0.3) is 0 Å². The summed E-state index contributed by atoms with van der Waals surface area (Å²) in [5.74, 6) is -0.373. The second-order valence-electron chi connectivity index (χ2n) is 7.72. The number of rotatable bonds is 8. The van der Waals surface area contributed by atoms with Crippen molar-refractivity contribution in [1.29, 1.82) is 0 Å². The summed E-state index contributed by atoms with van der Waals surface area (Å²) < 4.78 is 26.6. The molecule has 2 unspecified atom stereocenters. The third-order valence-corrected chi connectivity index (χ3v) is 6.67. The Balaban J connectivity index is 1.98. The summed E-state index contributed by atoms with van der Waals surface area (Å²) in [6, 6.07) is 22.7. The van der Waals surface area contributed by atoms with Crippen molar-refractivity contribution in [2.45, 2.75) is 32.4 Å². The fourth-order valence-corrected chi connectivity index (χ4v) is 4.99. The first kappa shape index (κ1) is 23.8. The number of nitrogens with zero attached hydrogens (tertiary/aromatic N) is 1. The Hall–Kier alpha value is -2.83. The van der Waals surface area contributed by atoms with E-state index in [9.17, 15) is 13.2 Å². The number of carbonyl (C=O) groups excluding carboxylic acids is 1. The van der Waals surface area contributed by atoms with E-state index in [0.717, 1.165) is 27.3 Å². The Morgan fingerprint density at radius 2 is 1.50 bits per heavy atom. The average molecular weight is 471 g/mol. The van der Waals surface area contributed by atoms with Crippen LogP contribution in [0.5, 0.6) is 0 Å². The number of hydrogen-bond acceptors (Lipinski definition) is 3. The van der Waals surface area contributed by atoms with Gasteiger partial charge in [-0.25, -0.2) is 8.42 Å². The number of amides is 1. The van der Waals surface area contributed by atoms with Crippen molar-refractivity contribution < 1.29 is 13.2 Å². The van der Waals surface area contributed by atoms with Crippen molar-refractivity contribution in [2.75, 3.05) is 10.6 Å². The van der Waals surface area contributed by atoms with Gasteiger partial charge in [-0.1, -0.05) is 78.7 Å². The second-order valence-corrected chi connectivity index (χ2v) is 10.0. The summed E-state index contributed by atoms with van der Waals surface area (Å²) in [6.45, 7) is 3.80. The van der Waals surface area contributed by atoms with Crippen LogP contribution in [-0.4, -0.2) is 26.6 Å². The number of sulfonamides is 1. The first-order valence-corrected chi connectivity index (χ1v) is 12.6. The summed E-state index contributed by atoms with van der Waals surface area (Å²) in [5.41, 5.74) is 3.34. The summed E-state index contributed by atoms with van der Waals surface area (Å²) in [7, 11) is -3.73. The van der Waals surface area contributed by atoms with Gasteiger partial charge in [0, 0.05) is 5.02 Å². The molecule has 0 radical (unpaired) electrons. The normalized spacial score (nSPS) is 13.2. The number of halogens is 1. The van der Waals surface area contributed by atoms with E-state index in [-0.39, 0.29) is 5.91 Å². The standard InChI is InChI=1S/C25H27ClN2O3S/c1-4-23(28(32(3,30)31)22-16-14-21(26)15-17-22)25(29)27-24(19-8-6-5-7-9-19)20-12-10-18(2)11-13-20/h5-17,23-24H,4H2,1-3H3,(H,27,29). The van der Waals surface area contributed by atoms with Crippen LogP contribution in [0.25, 0.3) is 0 Å². The number of benzene rings is 3. The lowest BCUT2D eigenvalue weighted by molar-refractivity contribution is -0.122. The zero-order valence-electron chi connectivity index (χ0n) is 18.3. The maximum atomic E-state index is 13.5. The molecule has 7 heteroatoms. The molecule has 0 aromatic heterocycles. The van der Waals surface area contributed by atoms with E-state index in [2.05, 4.69) is 5.32 Å². The van der Waals surface area contributed by atoms with Crippen LogP contribution >= 0.6 is 11.6 Å². The van der Waals surface area contributed by atoms with E-state index in [4.69, 9.17) is 11.6 Å². The molecular formula is C25H27ClN2O3S. The molecule has 2 atom stereocenters. The lowest BCUT2D eigenvalue weighted by atomic mass is 9.97. The highest BCUT2D eigenvalue weighted by atomic mass is 35.5. The molecule has 3 aromatic carbocycles. The van der Waals surface area contributed by atoms with Crippen molar-refractivity contribution >= 4 is 33.2 Å². The summed E-state index contributed by atoms with van der Waals surface area (Å²) in [5, 5.41) is 3.57. The lowest BCUT2D eigenvalue weighted by Gasteiger charge is -2.31. The molecule has 0 aliphatic rings. The van der Waals surface area contributed by atoms with Gasteiger partial charge < -0.3 is 5.32 Å². The van der Waals surface area contributed by atoms with Gasteiger partial charge in [-0.05, 0) is 48.7 Å². The molecule has 0 saturated carbocycles. The van der Waals surface area contributed by atoms with Crippen LogP contribution in [0.2, 0.25) is 5.02 Å². The molecule has 5 nitrogen and oxygen atoms in total. The Morgan fingerprint density at radius 3 is 2.03 bits per heavy atom. The molecule has 1 amide bonds. The molecule has 0 fully saturated rings. The largest absolute Gasteiger partial charge is 0.343 e. The van der Waals surface area contributed by atoms with Crippen molar-refractivity contribution in [2.24, 2.45) is 0 Å². The fourth-order valence-electron chi connectivity index (χ4n) is 3.65. The number of carbonyl (C=O) groups is 1. The number of hydrogen-bond donors (Lipinski definition) is 1. The smallest absolute Gasteiger partial charge is 0.244 e. The summed E-state index contributed by atoms with van der Waals surface area (Å²) >= 11 is 5.97. The fraction of sp³-hybridized carbons (Fsp3) is 0.240. The van der Waals surface area contributed by atoms with Crippen LogP contribution in [0.4, 0.5) is 5.69 Å². The minimum Gasteiger partial charge on any atom is -0.343 e. The first-order chi connectivity index (χ1) is 15.2. The van der Waals surface area contributed by atoms with Crippen molar-refractivity contribution in [1.82, 2.24) is 5.32 Å². The van der Waals surface area contributed by atoms with E-state index < -0.39 is 22.1 Å². The minimum atomic E-state index is -3.73. The van der Waals surface area contributed by atoms with Crippen LogP contribution in [0.15, 0.2) is 78.9 Å². The number of nitrogens with one attached hydrogen (secondary N) is 1. The Morgan fingerprint density at radius 1 is 0.938 bits per heavy atom. The Bertz CT molecular complexity index is 1150. The van der Waals surface area contributed by atoms with Crippen LogP contribution < -0.4 is 9.62 Å². The first-order valence-electron chi connectivity index (χ1n) is 10.4. The summed E-state index contributed by atoms with van der Waals surface area (Å²) in [4.78, 5) is 13.5. The molecule has 0 aliphatic carbocycles. The van der Waals surface area contributed by atoms with Gasteiger partial charge in [-0.15, -0.1) is 0 Å². The Labute approximate surface area is 195 Å². The molecule has 0 spiro atoms. The minimum absolute atomic E-state index is 0.303. The second kappa shape index (κ2) is 10.2. The van der Waals surface area contributed by atoms with Gasteiger partial charge in [0.05, 0.1) is 18.0 Å². The topological polar surface area (TPSA) is 66.5 Å². The van der Waals surface area contributed by atoms with Crippen LogP contribution in [0.1, 0.15) is 36.1 Å². The SMILES string of the molecule is CCC(C(=O)NC(c1ccccc1)c1ccc(C)cc1)N(c1ccc(Cl)cc1)S(C)(=O)=O.